The van der Waals surface area contributed by atoms with E-state index in [9.17, 15) is 8.78 Å². The number of pyridine rings is 1. The number of fused-ring (bicyclic) bond motifs is 2. The molecule has 0 saturated carbocycles. The minimum Gasteiger partial charge on any atom is -0.264 e. The van der Waals surface area contributed by atoms with Gasteiger partial charge in [-0.15, -0.1) is 0 Å². The van der Waals surface area contributed by atoms with Crippen molar-refractivity contribution in [3.63, 3.8) is 0 Å². The van der Waals surface area contributed by atoms with Crippen LogP contribution in [-0.2, 0) is 0 Å². The number of rotatable bonds is 2. The molecular formula is C25H15F2N. The molecule has 0 spiro atoms. The molecule has 4 aromatic carbocycles. The SMILES string of the molecule is Fc1ccc(-c2c3ccccc3c(-c3ccc(F)cc3)c3cnccc23)cc1. The van der Waals surface area contributed by atoms with Crippen molar-refractivity contribution < 1.29 is 8.78 Å². The summed E-state index contributed by atoms with van der Waals surface area (Å²) in [5, 5.41) is 4.12. The molecular weight excluding hydrogens is 352 g/mol. The van der Waals surface area contributed by atoms with E-state index in [-0.39, 0.29) is 11.6 Å². The van der Waals surface area contributed by atoms with Crippen LogP contribution in [0.2, 0.25) is 0 Å². The smallest absolute Gasteiger partial charge is 0.123 e. The van der Waals surface area contributed by atoms with Crippen LogP contribution in [0.1, 0.15) is 0 Å². The van der Waals surface area contributed by atoms with Gasteiger partial charge in [-0.05, 0) is 68.7 Å². The van der Waals surface area contributed by atoms with Crippen molar-refractivity contribution in [1.82, 2.24) is 4.98 Å². The van der Waals surface area contributed by atoms with Gasteiger partial charge in [0.1, 0.15) is 11.6 Å². The van der Waals surface area contributed by atoms with Gasteiger partial charge in [-0.25, -0.2) is 8.78 Å². The van der Waals surface area contributed by atoms with Gasteiger partial charge in [-0.1, -0.05) is 48.5 Å². The standard InChI is InChI=1S/C25H15F2N/c26-18-9-5-16(6-10-18)24-20-3-1-2-4-21(20)25(17-7-11-19(27)12-8-17)23-15-28-14-13-22(23)24/h1-15H. The zero-order chi connectivity index (χ0) is 19.1. The molecule has 0 aliphatic carbocycles. The Bertz CT molecular complexity index is 1150. The van der Waals surface area contributed by atoms with Gasteiger partial charge >= 0.3 is 0 Å². The van der Waals surface area contributed by atoms with E-state index in [0.29, 0.717) is 0 Å². The van der Waals surface area contributed by atoms with Crippen molar-refractivity contribution >= 4 is 21.5 Å². The summed E-state index contributed by atoms with van der Waals surface area (Å²) in [7, 11) is 0. The minimum atomic E-state index is -0.265. The highest BCUT2D eigenvalue weighted by atomic mass is 19.1. The minimum absolute atomic E-state index is 0.262. The van der Waals surface area contributed by atoms with Gasteiger partial charge in [-0.3, -0.25) is 4.98 Å². The molecule has 1 heterocycles. The van der Waals surface area contributed by atoms with E-state index in [1.807, 2.05) is 24.4 Å². The topological polar surface area (TPSA) is 12.9 Å². The first-order chi connectivity index (χ1) is 13.7. The van der Waals surface area contributed by atoms with E-state index in [2.05, 4.69) is 17.1 Å². The summed E-state index contributed by atoms with van der Waals surface area (Å²) in [5.41, 5.74) is 3.93. The number of benzene rings is 4. The third-order valence-corrected chi connectivity index (χ3v) is 5.09. The number of hydrogen-bond acceptors (Lipinski definition) is 1. The predicted octanol–water partition coefficient (Wildman–Crippen LogP) is 7.00. The number of nitrogens with zero attached hydrogens (tertiary/aromatic N) is 1. The second kappa shape index (κ2) is 6.54. The van der Waals surface area contributed by atoms with Gasteiger partial charge in [0.15, 0.2) is 0 Å². The van der Waals surface area contributed by atoms with Gasteiger partial charge in [-0.2, -0.15) is 0 Å². The van der Waals surface area contributed by atoms with Crippen LogP contribution in [0.4, 0.5) is 8.78 Å². The van der Waals surface area contributed by atoms with E-state index >= 15 is 0 Å². The van der Waals surface area contributed by atoms with E-state index in [1.165, 1.54) is 24.3 Å². The Morgan fingerprint density at radius 1 is 0.500 bits per heavy atom. The van der Waals surface area contributed by atoms with Gasteiger partial charge in [0.2, 0.25) is 0 Å². The van der Waals surface area contributed by atoms with E-state index < -0.39 is 0 Å². The fraction of sp³-hybridized carbons (Fsp3) is 0. The van der Waals surface area contributed by atoms with Crippen molar-refractivity contribution in [2.24, 2.45) is 0 Å². The normalized spacial score (nSPS) is 11.2. The van der Waals surface area contributed by atoms with Crippen LogP contribution in [0.5, 0.6) is 0 Å². The summed E-state index contributed by atoms with van der Waals surface area (Å²) in [6, 6.07) is 23.2. The van der Waals surface area contributed by atoms with Gasteiger partial charge in [0.25, 0.3) is 0 Å². The molecule has 0 fully saturated rings. The highest BCUT2D eigenvalue weighted by molar-refractivity contribution is 6.21. The molecule has 5 rings (SSSR count). The Labute approximate surface area is 160 Å². The maximum absolute atomic E-state index is 13.5. The fourth-order valence-electron chi connectivity index (χ4n) is 3.88. The first-order valence-electron chi connectivity index (χ1n) is 9.03. The Kier molecular flexibility index (Phi) is 3.87. The van der Waals surface area contributed by atoms with Crippen molar-refractivity contribution in [2.75, 3.05) is 0 Å². The number of halogens is 2. The van der Waals surface area contributed by atoms with E-state index in [0.717, 1.165) is 43.8 Å². The zero-order valence-electron chi connectivity index (χ0n) is 14.9. The maximum Gasteiger partial charge on any atom is 0.123 e. The molecule has 0 saturated heterocycles. The molecule has 0 amide bonds. The Morgan fingerprint density at radius 3 is 1.50 bits per heavy atom. The Balaban J connectivity index is 1.96. The van der Waals surface area contributed by atoms with Gasteiger partial charge < -0.3 is 0 Å². The number of aromatic nitrogens is 1. The average molecular weight is 367 g/mol. The molecule has 0 aliphatic heterocycles. The highest BCUT2D eigenvalue weighted by Crippen LogP contribution is 2.43. The van der Waals surface area contributed by atoms with Crippen LogP contribution in [-0.4, -0.2) is 4.98 Å². The fourth-order valence-corrected chi connectivity index (χ4v) is 3.88. The van der Waals surface area contributed by atoms with Crippen LogP contribution >= 0.6 is 0 Å². The summed E-state index contributed by atoms with van der Waals surface area (Å²) in [5.74, 6) is -0.527. The molecule has 1 nitrogen and oxygen atoms in total. The summed E-state index contributed by atoms with van der Waals surface area (Å²) in [6.07, 6.45) is 3.60. The Hall–Kier alpha value is -3.59. The van der Waals surface area contributed by atoms with Crippen molar-refractivity contribution in [2.45, 2.75) is 0 Å². The zero-order valence-corrected chi connectivity index (χ0v) is 14.9. The third-order valence-electron chi connectivity index (χ3n) is 5.09. The lowest BCUT2D eigenvalue weighted by Gasteiger charge is -2.17. The third kappa shape index (κ3) is 2.64. The van der Waals surface area contributed by atoms with Crippen molar-refractivity contribution in [1.29, 1.82) is 0 Å². The first-order valence-corrected chi connectivity index (χ1v) is 9.03. The second-order valence-electron chi connectivity index (χ2n) is 6.73. The molecule has 28 heavy (non-hydrogen) atoms. The van der Waals surface area contributed by atoms with Crippen LogP contribution in [0.15, 0.2) is 91.3 Å². The van der Waals surface area contributed by atoms with Crippen molar-refractivity contribution in [3.05, 3.63) is 103 Å². The molecule has 134 valence electrons. The van der Waals surface area contributed by atoms with E-state index in [1.54, 1.807) is 30.5 Å². The van der Waals surface area contributed by atoms with Crippen LogP contribution in [0.25, 0.3) is 43.8 Å². The molecule has 5 aromatic rings. The summed E-state index contributed by atoms with van der Waals surface area (Å²) < 4.78 is 27.0. The molecule has 0 atom stereocenters. The molecule has 0 bridgehead atoms. The molecule has 0 radical (unpaired) electrons. The van der Waals surface area contributed by atoms with Crippen LogP contribution in [0.3, 0.4) is 0 Å². The lowest BCUT2D eigenvalue weighted by Crippen LogP contribution is -1.91. The number of hydrogen-bond donors (Lipinski definition) is 0. The molecule has 0 unspecified atom stereocenters. The highest BCUT2D eigenvalue weighted by Gasteiger charge is 2.16. The Morgan fingerprint density at radius 2 is 0.964 bits per heavy atom. The van der Waals surface area contributed by atoms with Crippen LogP contribution in [0, 0.1) is 11.6 Å². The summed E-state index contributed by atoms with van der Waals surface area (Å²) in [6.45, 7) is 0. The molecule has 0 N–H and O–H groups in total. The second-order valence-corrected chi connectivity index (χ2v) is 6.73. The van der Waals surface area contributed by atoms with E-state index in [4.69, 9.17) is 0 Å². The maximum atomic E-state index is 13.5. The van der Waals surface area contributed by atoms with Crippen LogP contribution < -0.4 is 0 Å². The largest absolute Gasteiger partial charge is 0.264 e. The first kappa shape index (κ1) is 16.6. The summed E-state index contributed by atoms with van der Waals surface area (Å²) >= 11 is 0. The lowest BCUT2D eigenvalue weighted by molar-refractivity contribution is 0.627. The monoisotopic (exact) mass is 367 g/mol. The molecule has 1 aromatic heterocycles. The molecule has 0 aliphatic rings. The lowest BCUT2D eigenvalue weighted by atomic mass is 9.87. The predicted molar refractivity (Wildman–Crippen MR) is 110 cm³/mol. The van der Waals surface area contributed by atoms with Crippen molar-refractivity contribution in [3.8, 4) is 22.3 Å². The van der Waals surface area contributed by atoms with Gasteiger partial charge in [0.05, 0.1) is 0 Å². The summed E-state index contributed by atoms with van der Waals surface area (Å²) in [4.78, 5) is 4.34. The van der Waals surface area contributed by atoms with Gasteiger partial charge in [0, 0.05) is 17.8 Å². The molecule has 3 heteroatoms. The average Bonchev–Trinajstić information content (AvgIpc) is 2.74. The quantitative estimate of drug-likeness (QED) is 0.306.